The van der Waals surface area contributed by atoms with Crippen LogP contribution in [0.4, 0.5) is 5.82 Å². The van der Waals surface area contributed by atoms with Gasteiger partial charge in [-0.1, -0.05) is 0 Å². The molecule has 0 saturated carbocycles. The van der Waals surface area contributed by atoms with Gasteiger partial charge < -0.3 is 10.2 Å². The molecule has 5 nitrogen and oxygen atoms in total. The Kier molecular flexibility index (Phi) is 3.63. The molecule has 0 spiro atoms. The molecule has 6 heteroatoms. The van der Waals surface area contributed by atoms with Crippen LogP contribution in [-0.2, 0) is 24.0 Å². The first-order valence-electron chi connectivity index (χ1n) is 6.69. The van der Waals surface area contributed by atoms with Crippen molar-refractivity contribution in [3.63, 3.8) is 0 Å². The predicted octanol–water partition coefficient (Wildman–Crippen LogP) is 2.04. The third-order valence-electron chi connectivity index (χ3n) is 3.42. The van der Waals surface area contributed by atoms with E-state index in [9.17, 15) is 0 Å². The van der Waals surface area contributed by atoms with Crippen LogP contribution in [0.2, 0.25) is 0 Å². The molecular weight excluding hydrogens is 260 g/mol. The number of hydrazine groups is 1. The Bertz CT molecular complexity index is 596. The first-order chi connectivity index (χ1) is 9.33. The number of rotatable bonds is 5. The number of nitrogens with one attached hydrogen (secondary N) is 1. The van der Waals surface area contributed by atoms with Gasteiger partial charge in [-0.2, -0.15) is 0 Å². The lowest BCUT2D eigenvalue weighted by Gasteiger charge is -2.06. The zero-order chi connectivity index (χ0) is 13.2. The topological polar surface area (TPSA) is 73.1 Å². The van der Waals surface area contributed by atoms with E-state index in [4.69, 9.17) is 10.6 Å². The third kappa shape index (κ3) is 2.31. The Hall–Kier alpha value is -1.24. The number of aromatic nitrogens is 2. The molecule has 0 aromatic carbocycles. The van der Waals surface area contributed by atoms with E-state index in [-0.39, 0.29) is 0 Å². The van der Waals surface area contributed by atoms with Gasteiger partial charge in [-0.25, -0.2) is 15.8 Å². The second-order valence-electron chi connectivity index (χ2n) is 4.62. The molecule has 3 rings (SSSR count). The summed E-state index contributed by atoms with van der Waals surface area (Å²) < 4.78 is 5.36. The van der Waals surface area contributed by atoms with E-state index in [0.29, 0.717) is 6.61 Å². The molecule has 3 N–H and O–H groups in total. The van der Waals surface area contributed by atoms with Crippen LogP contribution >= 0.6 is 11.3 Å². The van der Waals surface area contributed by atoms with Crippen molar-refractivity contribution < 1.29 is 4.74 Å². The number of hydrogen-bond donors (Lipinski definition) is 2. The summed E-state index contributed by atoms with van der Waals surface area (Å²) in [6.45, 7) is 3.36. The first kappa shape index (κ1) is 12.8. The van der Waals surface area contributed by atoms with Gasteiger partial charge in [0.2, 0.25) is 0 Å². The Morgan fingerprint density at radius 1 is 1.37 bits per heavy atom. The Labute approximate surface area is 116 Å². The highest BCUT2D eigenvalue weighted by Crippen LogP contribution is 2.39. The quantitative estimate of drug-likeness (QED) is 0.497. The van der Waals surface area contributed by atoms with E-state index in [1.165, 1.54) is 16.9 Å². The van der Waals surface area contributed by atoms with Gasteiger partial charge in [0.15, 0.2) is 5.82 Å². The average Bonchev–Trinajstić information content (AvgIpc) is 2.98. The second-order valence-corrected chi connectivity index (χ2v) is 5.70. The molecular formula is C13H18N4OS. The number of fused-ring (bicyclic) bond motifs is 3. The molecule has 0 amide bonds. The molecule has 19 heavy (non-hydrogen) atoms. The monoisotopic (exact) mass is 278 g/mol. The molecule has 2 aromatic heterocycles. The highest BCUT2D eigenvalue weighted by molar-refractivity contribution is 7.19. The van der Waals surface area contributed by atoms with Crippen molar-refractivity contribution in [3.05, 3.63) is 16.3 Å². The predicted molar refractivity (Wildman–Crippen MR) is 77.4 cm³/mol. The van der Waals surface area contributed by atoms with Gasteiger partial charge in [-0.15, -0.1) is 11.3 Å². The second kappa shape index (κ2) is 5.40. The minimum absolute atomic E-state index is 0.650. The normalized spacial score (nSPS) is 14.0. The lowest BCUT2D eigenvalue weighted by Crippen LogP contribution is -2.12. The fourth-order valence-corrected chi connectivity index (χ4v) is 3.84. The van der Waals surface area contributed by atoms with Gasteiger partial charge in [0.1, 0.15) is 10.7 Å². The van der Waals surface area contributed by atoms with Crippen LogP contribution in [0, 0.1) is 0 Å². The third-order valence-corrected chi connectivity index (χ3v) is 4.61. The fourth-order valence-electron chi connectivity index (χ4n) is 2.56. The molecule has 1 aliphatic carbocycles. The van der Waals surface area contributed by atoms with Crippen molar-refractivity contribution in [2.75, 3.05) is 18.6 Å². The molecule has 2 heterocycles. The molecule has 102 valence electrons. The SMILES string of the molecule is CCOCCc1nc(NN)c2c3c(sc2n1)CCC3. The number of nitrogens with zero attached hydrogens (tertiary/aromatic N) is 2. The van der Waals surface area contributed by atoms with Gasteiger partial charge >= 0.3 is 0 Å². The molecule has 2 aromatic rings. The van der Waals surface area contributed by atoms with Crippen LogP contribution in [0.25, 0.3) is 10.2 Å². The summed E-state index contributed by atoms with van der Waals surface area (Å²) in [5.74, 6) is 7.19. The molecule has 0 saturated heterocycles. The first-order valence-corrected chi connectivity index (χ1v) is 7.50. The lowest BCUT2D eigenvalue weighted by atomic mass is 10.2. The summed E-state index contributed by atoms with van der Waals surface area (Å²) >= 11 is 1.78. The van der Waals surface area contributed by atoms with E-state index < -0.39 is 0 Å². The van der Waals surface area contributed by atoms with Crippen LogP contribution in [0.1, 0.15) is 29.6 Å². The zero-order valence-electron chi connectivity index (χ0n) is 11.0. The maximum absolute atomic E-state index is 5.63. The maximum atomic E-state index is 5.63. The Morgan fingerprint density at radius 2 is 2.26 bits per heavy atom. The number of aryl methyl sites for hydroxylation is 2. The van der Waals surface area contributed by atoms with Crippen LogP contribution in [0.15, 0.2) is 0 Å². The van der Waals surface area contributed by atoms with Crippen LogP contribution in [0.5, 0.6) is 0 Å². The summed E-state index contributed by atoms with van der Waals surface area (Å²) in [5, 5.41) is 1.13. The van der Waals surface area contributed by atoms with E-state index in [1.807, 2.05) is 6.92 Å². The summed E-state index contributed by atoms with van der Waals surface area (Å²) in [6, 6.07) is 0. The van der Waals surface area contributed by atoms with E-state index >= 15 is 0 Å². The summed E-state index contributed by atoms with van der Waals surface area (Å²) in [4.78, 5) is 11.7. The summed E-state index contributed by atoms with van der Waals surface area (Å²) in [7, 11) is 0. The van der Waals surface area contributed by atoms with Gasteiger partial charge in [0.25, 0.3) is 0 Å². The smallest absolute Gasteiger partial charge is 0.152 e. The van der Waals surface area contributed by atoms with Gasteiger partial charge in [0.05, 0.1) is 12.0 Å². The van der Waals surface area contributed by atoms with Crippen molar-refractivity contribution in [2.45, 2.75) is 32.6 Å². The number of thiophene rings is 1. The zero-order valence-corrected chi connectivity index (χ0v) is 11.8. The number of nitrogens with two attached hydrogens (primary N) is 1. The van der Waals surface area contributed by atoms with Crippen molar-refractivity contribution in [2.24, 2.45) is 5.84 Å². The highest BCUT2D eigenvalue weighted by atomic mass is 32.1. The average molecular weight is 278 g/mol. The van der Waals surface area contributed by atoms with Crippen molar-refractivity contribution in [3.8, 4) is 0 Å². The fraction of sp³-hybridized carbons (Fsp3) is 0.538. The molecule has 0 atom stereocenters. The Morgan fingerprint density at radius 3 is 3.05 bits per heavy atom. The summed E-state index contributed by atoms with van der Waals surface area (Å²) in [6.07, 6.45) is 4.23. The summed E-state index contributed by atoms with van der Waals surface area (Å²) in [5.41, 5.74) is 4.12. The molecule has 0 aliphatic heterocycles. The van der Waals surface area contributed by atoms with Crippen molar-refractivity contribution in [1.29, 1.82) is 0 Å². The van der Waals surface area contributed by atoms with Gasteiger partial charge in [-0.3, -0.25) is 0 Å². The number of anilines is 1. The minimum Gasteiger partial charge on any atom is -0.381 e. The van der Waals surface area contributed by atoms with Gasteiger partial charge in [-0.05, 0) is 31.7 Å². The molecule has 0 bridgehead atoms. The van der Waals surface area contributed by atoms with E-state index in [2.05, 4.69) is 15.4 Å². The van der Waals surface area contributed by atoms with Crippen LogP contribution in [0.3, 0.4) is 0 Å². The molecule has 1 aliphatic rings. The molecule has 0 fully saturated rings. The minimum atomic E-state index is 0.650. The van der Waals surface area contributed by atoms with E-state index in [1.54, 1.807) is 11.3 Å². The van der Waals surface area contributed by atoms with Crippen LogP contribution in [-0.4, -0.2) is 23.2 Å². The Balaban J connectivity index is 1.99. The van der Waals surface area contributed by atoms with E-state index in [0.717, 1.165) is 47.7 Å². The molecule has 0 radical (unpaired) electrons. The number of nitrogen functional groups attached to an aromatic ring is 1. The largest absolute Gasteiger partial charge is 0.381 e. The van der Waals surface area contributed by atoms with Crippen molar-refractivity contribution in [1.82, 2.24) is 9.97 Å². The highest BCUT2D eigenvalue weighted by Gasteiger charge is 2.21. The van der Waals surface area contributed by atoms with Crippen molar-refractivity contribution >= 4 is 27.4 Å². The van der Waals surface area contributed by atoms with Gasteiger partial charge in [0, 0.05) is 17.9 Å². The maximum Gasteiger partial charge on any atom is 0.152 e. The van der Waals surface area contributed by atoms with Crippen LogP contribution < -0.4 is 11.3 Å². The number of ether oxygens (including phenoxy) is 1. The number of hydrogen-bond acceptors (Lipinski definition) is 6. The molecule has 0 unspecified atom stereocenters. The lowest BCUT2D eigenvalue weighted by molar-refractivity contribution is 0.149. The standard InChI is InChI=1S/C13H18N4OS/c1-2-18-7-6-10-15-12(17-14)11-8-4-3-5-9(8)19-13(11)16-10/h2-7,14H2,1H3,(H,15,16,17).